The predicted molar refractivity (Wildman–Crippen MR) is 64.6 cm³/mol. The SMILES string of the molecule is COCCCN(C)c1ccc(C(C)O)cn1. The van der Waals surface area contributed by atoms with Gasteiger partial charge in [-0.3, -0.25) is 0 Å². The summed E-state index contributed by atoms with van der Waals surface area (Å²) >= 11 is 0. The van der Waals surface area contributed by atoms with Crippen molar-refractivity contribution < 1.29 is 9.84 Å². The Bertz CT molecular complexity index is 298. The van der Waals surface area contributed by atoms with E-state index in [1.54, 1.807) is 20.2 Å². The molecule has 0 aromatic carbocycles. The summed E-state index contributed by atoms with van der Waals surface area (Å²) in [6.07, 6.45) is 2.24. The van der Waals surface area contributed by atoms with E-state index in [-0.39, 0.29) is 0 Å². The lowest BCUT2D eigenvalue weighted by atomic mass is 10.2. The van der Waals surface area contributed by atoms with E-state index in [0.717, 1.165) is 31.0 Å². The fourth-order valence-electron chi connectivity index (χ4n) is 1.43. The average Bonchev–Trinajstić information content (AvgIpc) is 2.29. The number of ether oxygens (including phenoxy) is 1. The zero-order valence-corrected chi connectivity index (χ0v) is 10.2. The minimum atomic E-state index is -0.458. The Labute approximate surface area is 96.9 Å². The highest BCUT2D eigenvalue weighted by atomic mass is 16.5. The van der Waals surface area contributed by atoms with Gasteiger partial charge in [-0.2, -0.15) is 0 Å². The molecule has 0 aliphatic carbocycles. The Morgan fingerprint density at radius 2 is 2.25 bits per heavy atom. The second-order valence-corrected chi connectivity index (χ2v) is 3.89. The molecule has 16 heavy (non-hydrogen) atoms. The second kappa shape index (κ2) is 6.45. The summed E-state index contributed by atoms with van der Waals surface area (Å²) in [5.74, 6) is 0.917. The molecule has 1 aromatic heterocycles. The van der Waals surface area contributed by atoms with Crippen LogP contribution >= 0.6 is 0 Å². The minimum Gasteiger partial charge on any atom is -0.389 e. The van der Waals surface area contributed by atoms with Crippen LogP contribution in [0.2, 0.25) is 0 Å². The van der Waals surface area contributed by atoms with Gasteiger partial charge in [0.05, 0.1) is 6.10 Å². The van der Waals surface area contributed by atoms with E-state index < -0.39 is 6.10 Å². The summed E-state index contributed by atoms with van der Waals surface area (Å²) in [6.45, 7) is 3.41. The summed E-state index contributed by atoms with van der Waals surface area (Å²) in [7, 11) is 3.70. The summed E-state index contributed by atoms with van der Waals surface area (Å²) in [5, 5.41) is 9.36. The molecule has 0 aliphatic rings. The van der Waals surface area contributed by atoms with Gasteiger partial charge in [0.15, 0.2) is 0 Å². The lowest BCUT2D eigenvalue weighted by Crippen LogP contribution is -2.20. The van der Waals surface area contributed by atoms with Crippen LogP contribution in [-0.4, -0.2) is 37.4 Å². The van der Waals surface area contributed by atoms with Crippen molar-refractivity contribution in [3.05, 3.63) is 23.9 Å². The molecule has 0 fully saturated rings. The highest BCUT2D eigenvalue weighted by molar-refractivity contribution is 5.38. The Morgan fingerprint density at radius 3 is 2.75 bits per heavy atom. The lowest BCUT2D eigenvalue weighted by molar-refractivity contribution is 0.196. The van der Waals surface area contributed by atoms with E-state index in [1.807, 2.05) is 19.2 Å². The maximum atomic E-state index is 9.36. The number of pyridine rings is 1. The number of aliphatic hydroxyl groups excluding tert-OH is 1. The van der Waals surface area contributed by atoms with Gasteiger partial charge in [-0.15, -0.1) is 0 Å². The number of aromatic nitrogens is 1. The number of nitrogens with zero attached hydrogens (tertiary/aromatic N) is 2. The van der Waals surface area contributed by atoms with Gasteiger partial charge in [-0.1, -0.05) is 6.07 Å². The van der Waals surface area contributed by atoms with Gasteiger partial charge in [-0.25, -0.2) is 4.98 Å². The van der Waals surface area contributed by atoms with Crippen molar-refractivity contribution in [1.29, 1.82) is 0 Å². The second-order valence-electron chi connectivity index (χ2n) is 3.89. The van der Waals surface area contributed by atoms with Crippen LogP contribution in [0.3, 0.4) is 0 Å². The first-order chi connectivity index (χ1) is 7.65. The molecule has 4 heteroatoms. The molecule has 1 unspecified atom stereocenters. The van der Waals surface area contributed by atoms with Crippen LogP contribution in [0.5, 0.6) is 0 Å². The molecule has 1 N–H and O–H groups in total. The van der Waals surface area contributed by atoms with E-state index in [2.05, 4.69) is 9.88 Å². The zero-order valence-electron chi connectivity index (χ0n) is 10.2. The van der Waals surface area contributed by atoms with Crippen LogP contribution in [0.25, 0.3) is 0 Å². The van der Waals surface area contributed by atoms with Gasteiger partial charge in [0.25, 0.3) is 0 Å². The van der Waals surface area contributed by atoms with Gasteiger partial charge in [-0.05, 0) is 25.0 Å². The number of hydrogen-bond acceptors (Lipinski definition) is 4. The molecule has 0 saturated carbocycles. The molecule has 1 heterocycles. The molecular formula is C12H20N2O2. The number of anilines is 1. The molecule has 1 rings (SSSR count). The third-order valence-electron chi connectivity index (χ3n) is 2.49. The molecule has 0 radical (unpaired) electrons. The van der Waals surface area contributed by atoms with Crippen LogP contribution in [0.1, 0.15) is 25.0 Å². The molecule has 1 aromatic rings. The molecule has 0 aliphatic heterocycles. The monoisotopic (exact) mass is 224 g/mol. The topological polar surface area (TPSA) is 45.6 Å². The Hall–Kier alpha value is -1.13. The van der Waals surface area contributed by atoms with E-state index in [9.17, 15) is 5.11 Å². The van der Waals surface area contributed by atoms with Gasteiger partial charge >= 0.3 is 0 Å². The highest BCUT2D eigenvalue weighted by Gasteiger charge is 2.04. The van der Waals surface area contributed by atoms with Gasteiger partial charge in [0.2, 0.25) is 0 Å². The summed E-state index contributed by atoms with van der Waals surface area (Å²) < 4.78 is 5.00. The average molecular weight is 224 g/mol. The maximum absolute atomic E-state index is 9.36. The number of methoxy groups -OCH3 is 1. The van der Waals surface area contributed by atoms with Crippen molar-refractivity contribution in [3.8, 4) is 0 Å². The van der Waals surface area contributed by atoms with Crippen molar-refractivity contribution in [2.24, 2.45) is 0 Å². The Morgan fingerprint density at radius 1 is 1.50 bits per heavy atom. The number of rotatable bonds is 6. The molecule has 90 valence electrons. The largest absolute Gasteiger partial charge is 0.389 e. The fourth-order valence-corrected chi connectivity index (χ4v) is 1.43. The fraction of sp³-hybridized carbons (Fsp3) is 0.583. The molecular weight excluding hydrogens is 204 g/mol. The smallest absolute Gasteiger partial charge is 0.128 e. The number of aliphatic hydroxyl groups is 1. The van der Waals surface area contributed by atoms with Crippen molar-refractivity contribution in [1.82, 2.24) is 4.98 Å². The van der Waals surface area contributed by atoms with Crippen LogP contribution in [0.15, 0.2) is 18.3 Å². The van der Waals surface area contributed by atoms with E-state index >= 15 is 0 Å². The van der Waals surface area contributed by atoms with Gasteiger partial charge in [0, 0.05) is 33.5 Å². The quantitative estimate of drug-likeness (QED) is 0.746. The highest BCUT2D eigenvalue weighted by Crippen LogP contribution is 2.14. The number of hydrogen-bond donors (Lipinski definition) is 1. The molecule has 0 amide bonds. The maximum Gasteiger partial charge on any atom is 0.128 e. The van der Waals surface area contributed by atoms with Gasteiger partial charge in [0.1, 0.15) is 5.82 Å². The first kappa shape index (κ1) is 12.9. The summed E-state index contributed by atoms with van der Waals surface area (Å²) in [4.78, 5) is 6.38. The van der Waals surface area contributed by atoms with E-state index in [1.165, 1.54) is 0 Å². The van der Waals surface area contributed by atoms with Crippen LogP contribution < -0.4 is 4.90 Å². The lowest BCUT2D eigenvalue weighted by Gasteiger charge is -2.18. The summed E-state index contributed by atoms with van der Waals surface area (Å²) in [5.41, 5.74) is 0.842. The molecule has 0 saturated heterocycles. The van der Waals surface area contributed by atoms with Crippen LogP contribution in [0, 0.1) is 0 Å². The van der Waals surface area contributed by atoms with E-state index in [4.69, 9.17) is 4.74 Å². The first-order valence-corrected chi connectivity index (χ1v) is 5.49. The predicted octanol–water partition coefficient (Wildman–Crippen LogP) is 1.61. The third-order valence-corrected chi connectivity index (χ3v) is 2.49. The van der Waals surface area contributed by atoms with Crippen LogP contribution in [-0.2, 0) is 4.74 Å². The van der Waals surface area contributed by atoms with Crippen molar-refractivity contribution in [2.45, 2.75) is 19.4 Å². The first-order valence-electron chi connectivity index (χ1n) is 5.49. The van der Waals surface area contributed by atoms with Crippen molar-refractivity contribution >= 4 is 5.82 Å². The minimum absolute atomic E-state index is 0.458. The molecule has 1 atom stereocenters. The van der Waals surface area contributed by atoms with Crippen molar-refractivity contribution in [2.75, 3.05) is 32.2 Å². The Kier molecular flexibility index (Phi) is 5.22. The molecule has 0 bridgehead atoms. The normalized spacial score (nSPS) is 12.5. The third kappa shape index (κ3) is 3.79. The van der Waals surface area contributed by atoms with Gasteiger partial charge < -0.3 is 14.7 Å². The molecule has 0 spiro atoms. The van der Waals surface area contributed by atoms with E-state index in [0.29, 0.717) is 0 Å². The van der Waals surface area contributed by atoms with Crippen molar-refractivity contribution in [3.63, 3.8) is 0 Å². The molecule has 4 nitrogen and oxygen atoms in total. The van der Waals surface area contributed by atoms with Crippen LogP contribution in [0.4, 0.5) is 5.82 Å². The summed E-state index contributed by atoms with van der Waals surface area (Å²) in [6, 6.07) is 3.83. The zero-order chi connectivity index (χ0) is 12.0. The standard InChI is InChI=1S/C12H20N2O2/c1-10(15)11-5-6-12(13-9-11)14(2)7-4-8-16-3/h5-6,9-10,15H,4,7-8H2,1-3H3. The Balaban J connectivity index is 2.52.